The molecule has 2 rings (SSSR count). The minimum Gasteiger partial charge on any atom is -0.490 e. The quantitative estimate of drug-likeness (QED) is 0.776. The molecule has 0 bridgehead atoms. The van der Waals surface area contributed by atoms with Gasteiger partial charge in [0.1, 0.15) is 6.10 Å². The van der Waals surface area contributed by atoms with Crippen LogP contribution in [0.25, 0.3) is 0 Å². The molecule has 0 radical (unpaired) electrons. The van der Waals surface area contributed by atoms with Crippen molar-refractivity contribution < 1.29 is 23.8 Å². The van der Waals surface area contributed by atoms with Gasteiger partial charge in [0.2, 0.25) is 5.91 Å². The Hall–Kier alpha value is -2.28. The number of carbonyl (C=O) groups excluding carboxylic acids is 2. The Morgan fingerprint density at radius 3 is 2.60 bits per heavy atom. The molecule has 1 atom stereocenters. The Balaban J connectivity index is 1.94. The predicted molar refractivity (Wildman–Crippen MR) is 94.0 cm³/mol. The molecule has 7 nitrogen and oxygen atoms in total. The molecule has 138 valence electrons. The summed E-state index contributed by atoms with van der Waals surface area (Å²) >= 11 is 0. The van der Waals surface area contributed by atoms with Gasteiger partial charge in [0.05, 0.1) is 19.8 Å². The Morgan fingerprint density at radius 2 is 1.96 bits per heavy atom. The van der Waals surface area contributed by atoms with Crippen LogP contribution in [0.3, 0.4) is 0 Å². The highest BCUT2D eigenvalue weighted by Gasteiger charge is 2.27. The number of likely N-dealkylation sites (N-methyl/N-ethyl adjacent to an activating group) is 1. The average Bonchev–Trinajstić information content (AvgIpc) is 3.11. The van der Waals surface area contributed by atoms with Crippen LogP contribution in [0.2, 0.25) is 0 Å². The largest absolute Gasteiger partial charge is 0.490 e. The van der Waals surface area contributed by atoms with E-state index in [1.54, 1.807) is 25.2 Å². The maximum absolute atomic E-state index is 12.2. The van der Waals surface area contributed by atoms with E-state index in [9.17, 15) is 9.59 Å². The molecule has 0 aliphatic carbocycles. The van der Waals surface area contributed by atoms with Crippen molar-refractivity contribution in [3.8, 4) is 11.5 Å². The van der Waals surface area contributed by atoms with Gasteiger partial charge in [-0.2, -0.15) is 0 Å². The van der Waals surface area contributed by atoms with E-state index >= 15 is 0 Å². The summed E-state index contributed by atoms with van der Waals surface area (Å²) in [7, 11) is 1.60. The Bertz CT molecular complexity index is 599. The van der Waals surface area contributed by atoms with Gasteiger partial charge in [0, 0.05) is 25.4 Å². The number of nitrogens with one attached hydrogen (secondary N) is 1. The first kappa shape index (κ1) is 19.1. The molecular formula is C18H26N2O5. The second-order valence-corrected chi connectivity index (χ2v) is 5.77. The average molecular weight is 350 g/mol. The highest BCUT2D eigenvalue weighted by atomic mass is 16.5. The van der Waals surface area contributed by atoms with Crippen molar-refractivity contribution in [2.45, 2.75) is 32.8 Å². The van der Waals surface area contributed by atoms with Gasteiger partial charge >= 0.3 is 0 Å². The summed E-state index contributed by atoms with van der Waals surface area (Å²) in [5.41, 5.74) is 0.592. The molecule has 1 aliphatic heterocycles. The molecule has 1 aromatic carbocycles. The van der Waals surface area contributed by atoms with Crippen molar-refractivity contribution in [2.75, 3.05) is 38.7 Å². The summed E-state index contributed by atoms with van der Waals surface area (Å²) in [4.78, 5) is 25.8. The summed E-state index contributed by atoms with van der Waals surface area (Å²) in [5.74, 6) is 0.772. The zero-order valence-electron chi connectivity index (χ0n) is 15.0. The molecule has 2 amide bonds. The molecule has 1 saturated heterocycles. The highest BCUT2D eigenvalue weighted by molar-refractivity contribution is 5.95. The van der Waals surface area contributed by atoms with Crippen molar-refractivity contribution in [1.82, 2.24) is 4.90 Å². The van der Waals surface area contributed by atoms with Gasteiger partial charge < -0.3 is 24.4 Å². The van der Waals surface area contributed by atoms with Crippen LogP contribution in [0.15, 0.2) is 18.2 Å². The molecule has 25 heavy (non-hydrogen) atoms. The number of carbonyl (C=O) groups is 2. The van der Waals surface area contributed by atoms with E-state index in [4.69, 9.17) is 14.2 Å². The van der Waals surface area contributed by atoms with Crippen LogP contribution in [-0.4, -0.2) is 56.2 Å². The third-order valence-electron chi connectivity index (χ3n) is 3.79. The topological polar surface area (TPSA) is 77.1 Å². The Labute approximate surface area is 148 Å². The lowest BCUT2D eigenvalue weighted by atomic mass is 10.2. The maximum atomic E-state index is 12.2. The third-order valence-corrected chi connectivity index (χ3v) is 3.79. The maximum Gasteiger partial charge on any atom is 0.251 e. The molecule has 1 aromatic rings. The first-order chi connectivity index (χ1) is 12.0. The van der Waals surface area contributed by atoms with Gasteiger partial charge in [-0.25, -0.2) is 0 Å². The van der Waals surface area contributed by atoms with Crippen molar-refractivity contribution >= 4 is 17.5 Å². The van der Waals surface area contributed by atoms with Crippen LogP contribution in [0, 0.1) is 0 Å². The number of benzene rings is 1. The van der Waals surface area contributed by atoms with Crippen molar-refractivity contribution in [1.29, 1.82) is 0 Å². The van der Waals surface area contributed by atoms with Crippen molar-refractivity contribution in [3.05, 3.63) is 18.2 Å². The molecule has 0 aromatic heterocycles. The fourth-order valence-corrected chi connectivity index (χ4v) is 2.64. The standard InChI is InChI=1S/C18H26N2O5/c1-4-23-14-9-8-13(11-16(14)24-5-2)19-17(21)12-20(3)18(22)15-7-6-10-25-15/h8-9,11,15H,4-7,10,12H2,1-3H3,(H,19,21)/t15-/m0/s1. The van der Waals surface area contributed by atoms with E-state index in [0.29, 0.717) is 43.4 Å². The normalized spacial score (nSPS) is 16.4. The number of nitrogens with zero attached hydrogens (tertiary/aromatic N) is 1. The summed E-state index contributed by atoms with van der Waals surface area (Å²) in [6.07, 6.45) is 1.16. The molecule has 1 N–H and O–H groups in total. The van der Waals surface area contributed by atoms with Gasteiger partial charge in [-0.15, -0.1) is 0 Å². The van der Waals surface area contributed by atoms with Gasteiger partial charge in [0.15, 0.2) is 11.5 Å². The van der Waals surface area contributed by atoms with E-state index in [2.05, 4.69) is 5.32 Å². The van der Waals surface area contributed by atoms with Gasteiger partial charge in [-0.3, -0.25) is 9.59 Å². The lowest BCUT2D eigenvalue weighted by molar-refractivity contribution is -0.141. The molecule has 7 heteroatoms. The van der Waals surface area contributed by atoms with Gasteiger partial charge in [-0.05, 0) is 38.8 Å². The second kappa shape index (κ2) is 9.27. The fraction of sp³-hybridized carbons (Fsp3) is 0.556. The number of amides is 2. The number of hydrogen-bond acceptors (Lipinski definition) is 5. The van der Waals surface area contributed by atoms with Gasteiger partial charge in [-0.1, -0.05) is 0 Å². The van der Waals surface area contributed by atoms with Crippen LogP contribution in [0.5, 0.6) is 11.5 Å². The van der Waals surface area contributed by atoms with Crippen LogP contribution >= 0.6 is 0 Å². The number of anilines is 1. The first-order valence-corrected chi connectivity index (χ1v) is 8.61. The molecule has 0 saturated carbocycles. The number of rotatable bonds is 8. The van der Waals surface area contributed by atoms with Crippen molar-refractivity contribution in [3.63, 3.8) is 0 Å². The van der Waals surface area contributed by atoms with E-state index < -0.39 is 6.10 Å². The lowest BCUT2D eigenvalue weighted by Crippen LogP contribution is -2.40. The highest BCUT2D eigenvalue weighted by Crippen LogP contribution is 2.30. The zero-order chi connectivity index (χ0) is 18.2. The molecule has 1 aliphatic rings. The first-order valence-electron chi connectivity index (χ1n) is 8.61. The predicted octanol–water partition coefficient (Wildman–Crippen LogP) is 2.06. The number of hydrogen-bond donors (Lipinski definition) is 1. The van der Waals surface area contributed by atoms with E-state index in [1.807, 2.05) is 13.8 Å². The molecule has 1 heterocycles. The zero-order valence-corrected chi connectivity index (χ0v) is 15.0. The lowest BCUT2D eigenvalue weighted by Gasteiger charge is -2.20. The van der Waals surface area contributed by atoms with E-state index in [0.717, 1.165) is 6.42 Å². The summed E-state index contributed by atoms with van der Waals surface area (Å²) in [6.45, 7) is 5.37. The summed E-state index contributed by atoms with van der Waals surface area (Å²) in [6, 6.07) is 5.22. The Kier molecular flexibility index (Phi) is 7.06. The monoisotopic (exact) mass is 350 g/mol. The molecule has 1 fully saturated rings. The Morgan fingerprint density at radius 1 is 1.24 bits per heavy atom. The molecule has 0 unspecified atom stereocenters. The summed E-state index contributed by atoms with van der Waals surface area (Å²) < 4.78 is 16.4. The van der Waals surface area contributed by atoms with Crippen LogP contribution in [0.4, 0.5) is 5.69 Å². The van der Waals surface area contributed by atoms with Crippen LogP contribution in [-0.2, 0) is 14.3 Å². The van der Waals surface area contributed by atoms with Crippen LogP contribution < -0.4 is 14.8 Å². The molecule has 0 spiro atoms. The van der Waals surface area contributed by atoms with E-state index in [-0.39, 0.29) is 18.4 Å². The number of ether oxygens (including phenoxy) is 3. The van der Waals surface area contributed by atoms with Crippen LogP contribution in [0.1, 0.15) is 26.7 Å². The smallest absolute Gasteiger partial charge is 0.251 e. The summed E-state index contributed by atoms with van der Waals surface area (Å²) in [5, 5.41) is 2.78. The van der Waals surface area contributed by atoms with Crippen molar-refractivity contribution in [2.24, 2.45) is 0 Å². The minimum atomic E-state index is -0.423. The third kappa shape index (κ3) is 5.35. The van der Waals surface area contributed by atoms with Gasteiger partial charge in [0.25, 0.3) is 5.91 Å². The molecular weight excluding hydrogens is 324 g/mol. The second-order valence-electron chi connectivity index (χ2n) is 5.77. The van der Waals surface area contributed by atoms with E-state index in [1.165, 1.54) is 4.90 Å². The minimum absolute atomic E-state index is 0.0319. The SMILES string of the molecule is CCOc1ccc(NC(=O)CN(C)C(=O)[C@@H]2CCCO2)cc1OCC. The fourth-order valence-electron chi connectivity index (χ4n) is 2.64.